The van der Waals surface area contributed by atoms with Crippen LogP contribution in [0.5, 0.6) is 11.5 Å². The van der Waals surface area contributed by atoms with Crippen molar-refractivity contribution in [3.63, 3.8) is 0 Å². The fourth-order valence-electron chi connectivity index (χ4n) is 3.91. The van der Waals surface area contributed by atoms with Crippen molar-refractivity contribution in [3.05, 3.63) is 66.7 Å². The molecular formula is C26H30N2O3. The highest BCUT2D eigenvalue weighted by atomic mass is 16.5. The second-order valence-electron chi connectivity index (χ2n) is 8.13. The van der Waals surface area contributed by atoms with E-state index in [2.05, 4.69) is 17.3 Å². The van der Waals surface area contributed by atoms with Gasteiger partial charge in [0.05, 0.1) is 0 Å². The summed E-state index contributed by atoms with van der Waals surface area (Å²) < 4.78 is 12.2. The molecule has 0 aliphatic carbocycles. The van der Waals surface area contributed by atoms with Gasteiger partial charge in [0.25, 0.3) is 5.91 Å². The Morgan fingerprint density at radius 2 is 1.74 bits per heavy atom. The van der Waals surface area contributed by atoms with Gasteiger partial charge in [-0.2, -0.15) is 0 Å². The number of anilines is 1. The van der Waals surface area contributed by atoms with Crippen molar-refractivity contribution in [2.24, 2.45) is 0 Å². The molecule has 3 aromatic rings. The summed E-state index contributed by atoms with van der Waals surface area (Å²) in [5.74, 6) is 1.41. The molecular weight excluding hydrogens is 388 g/mol. The van der Waals surface area contributed by atoms with Crippen molar-refractivity contribution in [1.82, 2.24) is 4.90 Å². The molecule has 1 atom stereocenters. The summed E-state index contributed by atoms with van der Waals surface area (Å²) in [7, 11) is 2.14. The van der Waals surface area contributed by atoms with Crippen LogP contribution >= 0.6 is 0 Å². The first-order valence-electron chi connectivity index (χ1n) is 11.0. The summed E-state index contributed by atoms with van der Waals surface area (Å²) in [4.78, 5) is 15.2. The number of hydrogen-bond acceptors (Lipinski definition) is 4. The van der Waals surface area contributed by atoms with E-state index in [9.17, 15) is 4.79 Å². The Morgan fingerprint density at radius 3 is 2.48 bits per heavy atom. The molecule has 0 aromatic heterocycles. The minimum absolute atomic E-state index is 0.153. The smallest absolute Gasteiger partial charge is 0.265 e. The average molecular weight is 419 g/mol. The molecule has 0 saturated carbocycles. The van der Waals surface area contributed by atoms with E-state index in [1.165, 1.54) is 0 Å². The highest BCUT2D eigenvalue weighted by Crippen LogP contribution is 2.27. The Bertz CT molecular complexity index is 1010. The summed E-state index contributed by atoms with van der Waals surface area (Å²) in [6, 6.07) is 21.5. The molecule has 1 aliphatic heterocycles. The number of ether oxygens (including phenoxy) is 2. The summed E-state index contributed by atoms with van der Waals surface area (Å²) >= 11 is 0. The van der Waals surface area contributed by atoms with Gasteiger partial charge in [-0.15, -0.1) is 0 Å². The fourth-order valence-corrected chi connectivity index (χ4v) is 3.91. The number of likely N-dealkylation sites (tertiary alicyclic amines) is 1. The zero-order valence-corrected chi connectivity index (χ0v) is 18.2. The van der Waals surface area contributed by atoms with E-state index in [4.69, 9.17) is 9.47 Å². The van der Waals surface area contributed by atoms with E-state index in [0.717, 1.165) is 53.9 Å². The van der Waals surface area contributed by atoms with Gasteiger partial charge >= 0.3 is 0 Å². The van der Waals surface area contributed by atoms with E-state index in [1.807, 2.05) is 73.7 Å². The van der Waals surface area contributed by atoms with Crippen molar-refractivity contribution < 1.29 is 14.3 Å². The Morgan fingerprint density at radius 1 is 1.03 bits per heavy atom. The quantitative estimate of drug-likeness (QED) is 0.579. The number of nitrogens with zero attached hydrogens (tertiary/aromatic N) is 1. The largest absolute Gasteiger partial charge is 0.490 e. The molecule has 1 heterocycles. The Kier molecular flexibility index (Phi) is 6.73. The number of nitrogens with one attached hydrogen (secondary N) is 1. The maximum atomic E-state index is 12.8. The maximum absolute atomic E-state index is 12.8. The lowest BCUT2D eigenvalue weighted by Crippen LogP contribution is -2.35. The predicted octanol–water partition coefficient (Wildman–Crippen LogP) is 5.11. The van der Waals surface area contributed by atoms with Crippen LogP contribution in [0.2, 0.25) is 0 Å². The number of carbonyl (C=O) groups is 1. The number of fused-ring (bicyclic) bond motifs is 1. The first-order chi connectivity index (χ1) is 15.1. The van der Waals surface area contributed by atoms with Crippen LogP contribution in [0.4, 0.5) is 5.69 Å². The highest BCUT2D eigenvalue weighted by molar-refractivity contribution is 5.95. The number of amides is 1. The summed E-state index contributed by atoms with van der Waals surface area (Å²) in [5.41, 5.74) is 0.737. The zero-order chi connectivity index (χ0) is 21.6. The van der Waals surface area contributed by atoms with Crippen molar-refractivity contribution in [2.75, 3.05) is 25.5 Å². The Balaban J connectivity index is 1.37. The lowest BCUT2D eigenvalue weighted by Gasteiger charge is -2.29. The summed E-state index contributed by atoms with van der Waals surface area (Å²) in [5, 5.41) is 5.07. The van der Waals surface area contributed by atoms with Crippen LogP contribution in [0.25, 0.3) is 10.8 Å². The molecule has 3 aromatic carbocycles. The number of benzene rings is 3. The van der Waals surface area contributed by atoms with Gasteiger partial charge in [0, 0.05) is 24.2 Å². The third kappa shape index (κ3) is 5.36. The average Bonchev–Trinajstić information content (AvgIpc) is 2.80. The number of hydrogen-bond donors (Lipinski definition) is 1. The molecule has 0 bridgehead atoms. The lowest BCUT2D eigenvalue weighted by molar-refractivity contribution is -0.122. The van der Waals surface area contributed by atoms with Gasteiger partial charge in [-0.05, 0) is 62.0 Å². The van der Waals surface area contributed by atoms with Gasteiger partial charge in [-0.3, -0.25) is 4.79 Å². The molecule has 1 N–H and O–H groups in total. The first-order valence-corrected chi connectivity index (χ1v) is 11.0. The Hall–Kier alpha value is -3.05. The van der Waals surface area contributed by atoms with Gasteiger partial charge in [-0.1, -0.05) is 43.3 Å². The van der Waals surface area contributed by atoms with Crippen LogP contribution < -0.4 is 14.8 Å². The Labute approximate surface area is 184 Å². The third-order valence-corrected chi connectivity index (χ3v) is 5.77. The van der Waals surface area contributed by atoms with Crippen molar-refractivity contribution in [2.45, 2.75) is 38.4 Å². The van der Waals surface area contributed by atoms with Crippen molar-refractivity contribution in [3.8, 4) is 11.5 Å². The van der Waals surface area contributed by atoms with Gasteiger partial charge in [0.15, 0.2) is 6.10 Å². The zero-order valence-electron chi connectivity index (χ0n) is 18.2. The van der Waals surface area contributed by atoms with Gasteiger partial charge in [0.2, 0.25) is 0 Å². The van der Waals surface area contributed by atoms with E-state index < -0.39 is 6.10 Å². The summed E-state index contributed by atoms with van der Waals surface area (Å²) in [6.45, 7) is 4.08. The van der Waals surface area contributed by atoms with E-state index in [0.29, 0.717) is 6.42 Å². The van der Waals surface area contributed by atoms with Crippen LogP contribution in [-0.2, 0) is 4.79 Å². The molecule has 4 rings (SSSR count). The van der Waals surface area contributed by atoms with Crippen LogP contribution in [0.3, 0.4) is 0 Å². The molecule has 1 aliphatic rings. The van der Waals surface area contributed by atoms with Crippen molar-refractivity contribution in [1.29, 1.82) is 0 Å². The van der Waals surface area contributed by atoms with Crippen LogP contribution in [0, 0.1) is 0 Å². The topological polar surface area (TPSA) is 50.8 Å². The number of rotatable bonds is 7. The van der Waals surface area contributed by atoms with E-state index in [1.54, 1.807) is 0 Å². The molecule has 0 radical (unpaired) electrons. The van der Waals surface area contributed by atoms with Crippen LogP contribution in [-0.4, -0.2) is 43.2 Å². The molecule has 1 fully saturated rings. The van der Waals surface area contributed by atoms with Crippen LogP contribution in [0.15, 0.2) is 66.7 Å². The van der Waals surface area contributed by atoms with Gasteiger partial charge < -0.3 is 19.7 Å². The maximum Gasteiger partial charge on any atom is 0.265 e. The normalized spacial score (nSPS) is 16.1. The molecule has 31 heavy (non-hydrogen) atoms. The summed E-state index contributed by atoms with van der Waals surface area (Å²) in [6.07, 6.45) is 2.35. The lowest BCUT2D eigenvalue weighted by atomic mass is 10.1. The van der Waals surface area contributed by atoms with Gasteiger partial charge in [0.1, 0.15) is 17.6 Å². The minimum Gasteiger partial charge on any atom is -0.490 e. The molecule has 162 valence electrons. The monoisotopic (exact) mass is 418 g/mol. The molecule has 1 amide bonds. The minimum atomic E-state index is -0.569. The third-order valence-electron chi connectivity index (χ3n) is 5.77. The SMILES string of the molecule is CCC(Oc1cccc2ccccc12)C(=O)Nc1ccc(OC2CCN(C)CC2)cc1. The fraction of sp³-hybridized carbons (Fsp3) is 0.346. The molecule has 1 unspecified atom stereocenters. The predicted molar refractivity (Wildman–Crippen MR) is 125 cm³/mol. The highest BCUT2D eigenvalue weighted by Gasteiger charge is 2.20. The number of carbonyl (C=O) groups excluding carboxylic acids is 1. The molecule has 1 saturated heterocycles. The second-order valence-corrected chi connectivity index (χ2v) is 8.13. The van der Waals surface area contributed by atoms with E-state index in [-0.39, 0.29) is 12.0 Å². The van der Waals surface area contributed by atoms with Gasteiger partial charge in [-0.25, -0.2) is 0 Å². The van der Waals surface area contributed by atoms with Crippen molar-refractivity contribution >= 4 is 22.4 Å². The standard InChI is InChI=1S/C26H30N2O3/c1-3-24(31-25-10-6-8-19-7-4-5-9-23(19)25)26(29)27-20-11-13-21(14-12-20)30-22-15-17-28(2)18-16-22/h4-14,22,24H,3,15-18H2,1-2H3,(H,27,29). The molecule has 5 nitrogen and oxygen atoms in total. The van der Waals surface area contributed by atoms with E-state index >= 15 is 0 Å². The molecule has 5 heteroatoms. The number of piperidine rings is 1. The van der Waals surface area contributed by atoms with Crippen LogP contribution in [0.1, 0.15) is 26.2 Å². The first kappa shape index (κ1) is 21.2. The second kappa shape index (κ2) is 9.84. The molecule has 0 spiro atoms.